The number of sulfonamides is 1. The van der Waals surface area contributed by atoms with Gasteiger partial charge in [-0.1, -0.05) is 13.0 Å². The molecule has 0 spiro atoms. The summed E-state index contributed by atoms with van der Waals surface area (Å²) in [6, 6.07) is 7.70. The first-order valence-electron chi connectivity index (χ1n) is 7.48. The molecule has 7 nitrogen and oxygen atoms in total. The molecule has 2 aromatic rings. The molecule has 2 rings (SSSR count). The standard InChI is InChI=1S/C16H18N2O5S2/c1-3-9-25(22,23)18-12-6-4-5-11(10(12)2)17-15(19)13-7-8-14(24-13)16(20)21/h4-8,18H,3,9H2,1-2H3,(H,17,19)(H,20,21). The van der Waals surface area contributed by atoms with Gasteiger partial charge in [-0.05, 0) is 43.2 Å². The lowest BCUT2D eigenvalue weighted by Gasteiger charge is -2.14. The molecular formula is C16H18N2O5S2. The minimum atomic E-state index is -3.44. The van der Waals surface area contributed by atoms with Crippen LogP contribution in [0.4, 0.5) is 11.4 Å². The largest absolute Gasteiger partial charge is 0.477 e. The summed E-state index contributed by atoms with van der Waals surface area (Å²) in [5.74, 6) is -1.53. The molecule has 0 bridgehead atoms. The number of thiophene rings is 1. The monoisotopic (exact) mass is 382 g/mol. The van der Waals surface area contributed by atoms with E-state index in [1.807, 2.05) is 0 Å². The zero-order valence-corrected chi connectivity index (χ0v) is 15.3. The first-order chi connectivity index (χ1) is 11.7. The maximum Gasteiger partial charge on any atom is 0.345 e. The smallest absolute Gasteiger partial charge is 0.345 e. The summed E-state index contributed by atoms with van der Waals surface area (Å²) in [6.07, 6.45) is 0.495. The Bertz CT molecular complexity index is 903. The molecule has 1 aromatic carbocycles. The molecule has 0 atom stereocenters. The minimum Gasteiger partial charge on any atom is -0.477 e. The van der Waals surface area contributed by atoms with Crippen LogP contribution in [0.3, 0.4) is 0 Å². The van der Waals surface area contributed by atoms with Gasteiger partial charge in [-0.3, -0.25) is 9.52 Å². The predicted octanol–water partition coefficient (Wildman–Crippen LogP) is 3.16. The maximum atomic E-state index is 12.3. The van der Waals surface area contributed by atoms with Gasteiger partial charge in [-0.25, -0.2) is 13.2 Å². The van der Waals surface area contributed by atoms with Crippen LogP contribution in [0.2, 0.25) is 0 Å². The number of benzene rings is 1. The number of nitrogens with one attached hydrogen (secondary N) is 2. The number of carbonyl (C=O) groups excluding carboxylic acids is 1. The molecule has 1 amide bonds. The molecule has 0 fully saturated rings. The first kappa shape index (κ1) is 18.9. The molecule has 0 aliphatic heterocycles. The van der Waals surface area contributed by atoms with Gasteiger partial charge in [-0.15, -0.1) is 11.3 Å². The quantitative estimate of drug-likeness (QED) is 0.681. The lowest BCUT2D eigenvalue weighted by molar-refractivity contribution is 0.0702. The number of rotatable bonds is 7. The van der Waals surface area contributed by atoms with Crippen LogP contribution in [0.5, 0.6) is 0 Å². The summed E-state index contributed by atoms with van der Waals surface area (Å²) in [7, 11) is -3.44. The second-order valence-corrected chi connectivity index (χ2v) is 8.25. The third kappa shape index (κ3) is 4.80. The molecule has 0 radical (unpaired) electrons. The summed E-state index contributed by atoms with van der Waals surface area (Å²) < 4.78 is 26.3. The number of carboxylic acid groups (broad SMARTS) is 1. The average molecular weight is 382 g/mol. The van der Waals surface area contributed by atoms with Gasteiger partial charge in [0.25, 0.3) is 5.91 Å². The van der Waals surface area contributed by atoms with Crippen molar-refractivity contribution in [1.29, 1.82) is 0 Å². The number of aromatic carboxylic acids is 1. The molecule has 0 saturated carbocycles. The lowest BCUT2D eigenvalue weighted by atomic mass is 10.1. The van der Waals surface area contributed by atoms with Gasteiger partial charge in [0.05, 0.1) is 16.3 Å². The van der Waals surface area contributed by atoms with Crippen LogP contribution in [-0.4, -0.2) is 31.2 Å². The van der Waals surface area contributed by atoms with Crippen molar-refractivity contribution in [3.8, 4) is 0 Å². The Morgan fingerprint density at radius 3 is 2.36 bits per heavy atom. The normalized spacial score (nSPS) is 11.1. The Hall–Kier alpha value is -2.39. The molecule has 0 aliphatic carbocycles. The van der Waals surface area contributed by atoms with E-state index in [-0.39, 0.29) is 15.5 Å². The van der Waals surface area contributed by atoms with Crippen molar-refractivity contribution in [3.63, 3.8) is 0 Å². The van der Waals surface area contributed by atoms with Crippen LogP contribution in [0.25, 0.3) is 0 Å². The van der Waals surface area contributed by atoms with Crippen molar-refractivity contribution in [3.05, 3.63) is 45.6 Å². The number of hydrogen-bond acceptors (Lipinski definition) is 5. The maximum absolute atomic E-state index is 12.3. The molecule has 25 heavy (non-hydrogen) atoms. The molecule has 3 N–H and O–H groups in total. The molecule has 0 unspecified atom stereocenters. The molecule has 0 saturated heterocycles. The molecule has 0 aliphatic rings. The Balaban J connectivity index is 2.21. The first-order valence-corrected chi connectivity index (χ1v) is 9.95. The van der Waals surface area contributed by atoms with Gasteiger partial charge < -0.3 is 10.4 Å². The van der Waals surface area contributed by atoms with Gasteiger partial charge in [0.2, 0.25) is 10.0 Å². The van der Waals surface area contributed by atoms with Gasteiger partial charge in [-0.2, -0.15) is 0 Å². The highest BCUT2D eigenvalue weighted by molar-refractivity contribution is 7.92. The zero-order valence-electron chi connectivity index (χ0n) is 13.7. The SMILES string of the molecule is CCCS(=O)(=O)Nc1cccc(NC(=O)c2ccc(C(=O)O)s2)c1C. The highest BCUT2D eigenvalue weighted by atomic mass is 32.2. The van der Waals surface area contributed by atoms with E-state index in [1.54, 1.807) is 32.0 Å². The Kier molecular flexibility index (Phi) is 5.81. The summed E-state index contributed by atoms with van der Waals surface area (Å²) in [6.45, 7) is 3.46. The minimum absolute atomic E-state index is 0.0101. The number of amides is 1. The van der Waals surface area contributed by atoms with Gasteiger partial charge in [0.1, 0.15) is 4.88 Å². The van der Waals surface area contributed by atoms with Crippen molar-refractivity contribution in [1.82, 2.24) is 0 Å². The van der Waals surface area contributed by atoms with Crippen molar-refractivity contribution >= 4 is 44.6 Å². The van der Waals surface area contributed by atoms with E-state index in [0.717, 1.165) is 11.3 Å². The number of carboxylic acids is 1. The van der Waals surface area contributed by atoms with Crippen LogP contribution in [0.15, 0.2) is 30.3 Å². The van der Waals surface area contributed by atoms with E-state index in [9.17, 15) is 18.0 Å². The fraction of sp³-hybridized carbons (Fsp3) is 0.250. The van der Waals surface area contributed by atoms with E-state index >= 15 is 0 Å². The average Bonchev–Trinajstić information content (AvgIpc) is 3.01. The Labute approximate surface area is 149 Å². The topological polar surface area (TPSA) is 113 Å². The summed E-state index contributed by atoms with van der Waals surface area (Å²) in [5, 5.41) is 11.6. The third-order valence-electron chi connectivity index (χ3n) is 3.36. The van der Waals surface area contributed by atoms with E-state index in [4.69, 9.17) is 5.11 Å². The fourth-order valence-electron chi connectivity index (χ4n) is 2.13. The summed E-state index contributed by atoms with van der Waals surface area (Å²) in [5.41, 5.74) is 1.42. The van der Waals surface area contributed by atoms with E-state index in [0.29, 0.717) is 23.4 Å². The summed E-state index contributed by atoms with van der Waals surface area (Å²) >= 11 is 0.872. The second kappa shape index (κ2) is 7.66. The number of carbonyl (C=O) groups is 2. The van der Waals surface area contributed by atoms with Crippen LogP contribution in [-0.2, 0) is 10.0 Å². The van der Waals surface area contributed by atoms with Crippen molar-refractivity contribution in [2.45, 2.75) is 20.3 Å². The lowest BCUT2D eigenvalue weighted by Crippen LogP contribution is -2.18. The highest BCUT2D eigenvalue weighted by Gasteiger charge is 2.16. The highest BCUT2D eigenvalue weighted by Crippen LogP contribution is 2.26. The second-order valence-electron chi connectivity index (χ2n) is 5.32. The molecule has 134 valence electrons. The van der Waals surface area contributed by atoms with Crippen molar-refractivity contribution < 1.29 is 23.1 Å². The number of anilines is 2. The Morgan fingerprint density at radius 2 is 1.76 bits per heavy atom. The van der Waals surface area contributed by atoms with E-state index in [2.05, 4.69) is 10.0 Å². The van der Waals surface area contributed by atoms with Crippen LogP contribution < -0.4 is 10.0 Å². The van der Waals surface area contributed by atoms with Gasteiger partial charge in [0.15, 0.2) is 0 Å². The van der Waals surface area contributed by atoms with Crippen molar-refractivity contribution in [2.24, 2.45) is 0 Å². The molecular weight excluding hydrogens is 364 g/mol. The Morgan fingerprint density at radius 1 is 1.12 bits per heavy atom. The predicted molar refractivity (Wildman–Crippen MR) is 98.1 cm³/mol. The van der Waals surface area contributed by atoms with E-state index < -0.39 is 21.9 Å². The number of hydrogen-bond donors (Lipinski definition) is 3. The van der Waals surface area contributed by atoms with Crippen LogP contribution in [0, 0.1) is 6.92 Å². The van der Waals surface area contributed by atoms with Crippen molar-refractivity contribution in [2.75, 3.05) is 15.8 Å². The molecule has 1 aromatic heterocycles. The van der Waals surface area contributed by atoms with Gasteiger partial charge in [0, 0.05) is 5.69 Å². The summed E-state index contributed by atoms with van der Waals surface area (Å²) in [4.78, 5) is 23.5. The zero-order chi connectivity index (χ0) is 18.6. The van der Waals surface area contributed by atoms with E-state index in [1.165, 1.54) is 12.1 Å². The third-order valence-corrected chi connectivity index (χ3v) is 5.91. The van der Waals surface area contributed by atoms with Gasteiger partial charge >= 0.3 is 5.97 Å². The van der Waals surface area contributed by atoms with Crippen LogP contribution >= 0.6 is 11.3 Å². The molecule has 9 heteroatoms. The van der Waals surface area contributed by atoms with Crippen LogP contribution in [0.1, 0.15) is 38.3 Å². The molecule has 1 heterocycles. The fourth-order valence-corrected chi connectivity index (χ4v) is 4.06.